The Bertz CT molecular complexity index is 331. The molecule has 0 spiro atoms. The highest BCUT2D eigenvalue weighted by molar-refractivity contribution is 6.16. The Morgan fingerprint density at radius 2 is 2.25 bits per heavy atom. The molecule has 90 valence electrons. The number of nitrogens with zero attached hydrogens (tertiary/aromatic N) is 3. The molecule has 0 saturated heterocycles. The standard InChI is InChI=1S/C12H20ClN3/c1-2-4-12-11(9-13)14-15-16(12)8-7-10-5-3-6-10/h10H,2-9H2,1H3. The monoisotopic (exact) mass is 241 g/mol. The van der Waals surface area contributed by atoms with Crippen molar-refractivity contribution in [2.75, 3.05) is 0 Å². The van der Waals surface area contributed by atoms with Gasteiger partial charge in [-0.05, 0) is 18.8 Å². The summed E-state index contributed by atoms with van der Waals surface area (Å²) in [5.74, 6) is 1.41. The van der Waals surface area contributed by atoms with Crippen molar-refractivity contribution < 1.29 is 0 Å². The second kappa shape index (κ2) is 5.67. The van der Waals surface area contributed by atoms with Crippen LogP contribution in [0.3, 0.4) is 0 Å². The number of rotatable bonds is 6. The highest BCUT2D eigenvalue weighted by atomic mass is 35.5. The fourth-order valence-corrected chi connectivity index (χ4v) is 2.46. The normalized spacial score (nSPS) is 16.4. The Kier molecular flexibility index (Phi) is 4.22. The second-order valence-corrected chi connectivity index (χ2v) is 4.94. The van der Waals surface area contributed by atoms with Gasteiger partial charge >= 0.3 is 0 Å². The molecule has 4 heteroatoms. The van der Waals surface area contributed by atoms with Crippen molar-refractivity contribution in [2.24, 2.45) is 5.92 Å². The Labute approximate surface area is 102 Å². The summed E-state index contributed by atoms with van der Waals surface area (Å²) in [6, 6.07) is 0. The molecule has 0 atom stereocenters. The van der Waals surface area contributed by atoms with Crippen molar-refractivity contribution in [1.29, 1.82) is 0 Å². The molecule has 16 heavy (non-hydrogen) atoms. The largest absolute Gasteiger partial charge is 0.249 e. The van der Waals surface area contributed by atoms with Crippen molar-refractivity contribution in [2.45, 2.75) is 57.9 Å². The van der Waals surface area contributed by atoms with Gasteiger partial charge in [0.25, 0.3) is 0 Å². The molecular formula is C12H20ClN3. The van der Waals surface area contributed by atoms with Gasteiger partial charge in [0.1, 0.15) is 5.69 Å². The van der Waals surface area contributed by atoms with Crippen molar-refractivity contribution >= 4 is 11.6 Å². The summed E-state index contributed by atoms with van der Waals surface area (Å²) in [4.78, 5) is 0. The van der Waals surface area contributed by atoms with Crippen LogP contribution in [-0.4, -0.2) is 15.0 Å². The predicted octanol–water partition coefficient (Wildman–Crippen LogP) is 3.16. The van der Waals surface area contributed by atoms with E-state index in [0.717, 1.165) is 31.0 Å². The Balaban J connectivity index is 1.97. The number of alkyl halides is 1. The Hall–Kier alpha value is -0.570. The second-order valence-electron chi connectivity index (χ2n) is 4.68. The van der Waals surface area contributed by atoms with Gasteiger partial charge in [-0.3, -0.25) is 0 Å². The molecule has 1 heterocycles. The molecule has 1 aromatic heterocycles. The average Bonchev–Trinajstić information content (AvgIpc) is 2.60. The zero-order valence-corrected chi connectivity index (χ0v) is 10.7. The van der Waals surface area contributed by atoms with Gasteiger partial charge in [0.05, 0.1) is 11.6 Å². The molecule has 1 aliphatic rings. The highest BCUT2D eigenvalue weighted by Crippen LogP contribution is 2.29. The topological polar surface area (TPSA) is 30.7 Å². The lowest BCUT2D eigenvalue weighted by atomic mass is 9.83. The molecule has 0 amide bonds. The predicted molar refractivity (Wildman–Crippen MR) is 65.5 cm³/mol. The lowest BCUT2D eigenvalue weighted by molar-refractivity contribution is 0.275. The minimum absolute atomic E-state index is 0.485. The van der Waals surface area contributed by atoms with Gasteiger partial charge in [-0.2, -0.15) is 0 Å². The van der Waals surface area contributed by atoms with Crippen molar-refractivity contribution in [3.05, 3.63) is 11.4 Å². The van der Waals surface area contributed by atoms with Crippen LogP contribution >= 0.6 is 11.6 Å². The maximum absolute atomic E-state index is 5.87. The molecule has 1 aliphatic carbocycles. The van der Waals surface area contributed by atoms with Gasteiger partial charge in [0.15, 0.2) is 0 Å². The maximum atomic E-state index is 5.87. The molecule has 1 fully saturated rings. The molecule has 1 saturated carbocycles. The van der Waals surface area contributed by atoms with Gasteiger partial charge in [-0.15, -0.1) is 16.7 Å². The van der Waals surface area contributed by atoms with E-state index in [9.17, 15) is 0 Å². The quantitative estimate of drug-likeness (QED) is 0.717. The van der Waals surface area contributed by atoms with E-state index in [1.54, 1.807) is 0 Å². The fraction of sp³-hybridized carbons (Fsp3) is 0.833. The van der Waals surface area contributed by atoms with Crippen LogP contribution in [0.2, 0.25) is 0 Å². The van der Waals surface area contributed by atoms with Crippen LogP contribution in [0, 0.1) is 5.92 Å². The number of hydrogen-bond acceptors (Lipinski definition) is 2. The smallest absolute Gasteiger partial charge is 0.101 e. The summed E-state index contributed by atoms with van der Waals surface area (Å²) in [7, 11) is 0. The van der Waals surface area contributed by atoms with Gasteiger partial charge in [-0.1, -0.05) is 37.8 Å². The molecule has 0 aliphatic heterocycles. The Morgan fingerprint density at radius 1 is 1.44 bits per heavy atom. The third-order valence-electron chi connectivity index (χ3n) is 3.51. The van der Waals surface area contributed by atoms with E-state index in [1.807, 2.05) is 0 Å². The zero-order chi connectivity index (χ0) is 11.4. The zero-order valence-electron chi connectivity index (χ0n) is 9.95. The molecule has 0 unspecified atom stereocenters. The first kappa shape index (κ1) is 11.9. The highest BCUT2D eigenvalue weighted by Gasteiger charge is 2.18. The lowest BCUT2D eigenvalue weighted by Gasteiger charge is -2.25. The molecular weight excluding hydrogens is 222 g/mol. The maximum Gasteiger partial charge on any atom is 0.101 e. The van der Waals surface area contributed by atoms with Crippen molar-refractivity contribution in [1.82, 2.24) is 15.0 Å². The molecule has 0 aromatic carbocycles. The van der Waals surface area contributed by atoms with Crippen LogP contribution in [-0.2, 0) is 18.8 Å². The van der Waals surface area contributed by atoms with Crippen LogP contribution in [0.5, 0.6) is 0 Å². The molecule has 0 N–H and O–H groups in total. The van der Waals surface area contributed by atoms with Crippen LogP contribution in [0.1, 0.15) is 50.4 Å². The fourth-order valence-electron chi connectivity index (χ4n) is 2.25. The summed E-state index contributed by atoms with van der Waals surface area (Å²) in [5, 5.41) is 8.37. The number of aryl methyl sites for hydroxylation is 1. The van der Waals surface area contributed by atoms with Gasteiger partial charge in [-0.25, -0.2) is 4.68 Å². The third kappa shape index (κ3) is 2.57. The molecule has 2 rings (SSSR count). The van der Waals surface area contributed by atoms with E-state index in [0.29, 0.717) is 5.88 Å². The SMILES string of the molecule is CCCc1c(CCl)nnn1CCC1CCC1. The number of halogens is 1. The summed E-state index contributed by atoms with van der Waals surface area (Å²) in [5.41, 5.74) is 2.22. The molecule has 3 nitrogen and oxygen atoms in total. The average molecular weight is 242 g/mol. The van der Waals surface area contributed by atoms with E-state index in [2.05, 4.69) is 21.9 Å². The van der Waals surface area contributed by atoms with Crippen LogP contribution in [0.25, 0.3) is 0 Å². The first-order valence-electron chi connectivity index (χ1n) is 6.32. The molecule has 0 radical (unpaired) electrons. The summed E-state index contributed by atoms with van der Waals surface area (Å²) in [6.45, 7) is 3.20. The third-order valence-corrected chi connectivity index (χ3v) is 3.76. The summed E-state index contributed by atoms with van der Waals surface area (Å²) < 4.78 is 2.07. The number of aromatic nitrogens is 3. The van der Waals surface area contributed by atoms with E-state index < -0.39 is 0 Å². The first-order valence-corrected chi connectivity index (χ1v) is 6.85. The van der Waals surface area contributed by atoms with Crippen LogP contribution in [0.4, 0.5) is 0 Å². The Morgan fingerprint density at radius 3 is 2.81 bits per heavy atom. The lowest BCUT2D eigenvalue weighted by Crippen LogP contribution is -2.15. The van der Waals surface area contributed by atoms with E-state index >= 15 is 0 Å². The van der Waals surface area contributed by atoms with Crippen LogP contribution < -0.4 is 0 Å². The van der Waals surface area contributed by atoms with E-state index in [1.165, 1.54) is 31.4 Å². The summed E-state index contributed by atoms with van der Waals surface area (Å²) in [6.07, 6.45) is 7.64. The van der Waals surface area contributed by atoms with Gasteiger partial charge in [0.2, 0.25) is 0 Å². The van der Waals surface area contributed by atoms with Crippen molar-refractivity contribution in [3.63, 3.8) is 0 Å². The molecule has 0 bridgehead atoms. The molecule has 1 aromatic rings. The number of hydrogen-bond donors (Lipinski definition) is 0. The van der Waals surface area contributed by atoms with E-state index in [-0.39, 0.29) is 0 Å². The van der Waals surface area contributed by atoms with Gasteiger partial charge < -0.3 is 0 Å². The first-order chi connectivity index (χ1) is 7.85. The minimum atomic E-state index is 0.485. The van der Waals surface area contributed by atoms with Crippen molar-refractivity contribution in [3.8, 4) is 0 Å². The van der Waals surface area contributed by atoms with E-state index in [4.69, 9.17) is 11.6 Å². The van der Waals surface area contributed by atoms with Gasteiger partial charge in [0, 0.05) is 6.54 Å². The minimum Gasteiger partial charge on any atom is -0.249 e. The summed E-state index contributed by atoms with van der Waals surface area (Å²) >= 11 is 5.87. The van der Waals surface area contributed by atoms with Crippen LogP contribution in [0.15, 0.2) is 0 Å².